The Balaban J connectivity index is 0.000000250. The van der Waals surface area contributed by atoms with E-state index in [0.717, 1.165) is 12.1 Å². The van der Waals surface area contributed by atoms with Crippen LogP contribution in [0.2, 0.25) is 20.1 Å². The van der Waals surface area contributed by atoms with Gasteiger partial charge in [-0.3, -0.25) is 4.79 Å². The minimum absolute atomic E-state index is 0.00240. The van der Waals surface area contributed by atoms with Crippen LogP contribution in [0.25, 0.3) is 0 Å². The molecule has 0 spiro atoms. The molecule has 2 aliphatic heterocycles. The van der Waals surface area contributed by atoms with Crippen LogP contribution in [-0.4, -0.2) is 50.1 Å². The maximum atomic E-state index is 14.3. The third-order valence-corrected chi connectivity index (χ3v) is 12.1. The molecule has 2 N–H and O–H groups in total. The normalized spacial score (nSPS) is 19.6. The van der Waals surface area contributed by atoms with Gasteiger partial charge in [0.15, 0.2) is 0 Å². The Labute approximate surface area is 386 Å². The minimum Gasteiger partial charge on any atom is -0.460 e. The van der Waals surface area contributed by atoms with Gasteiger partial charge < -0.3 is 20.3 Å². The van der Waals surface area contributed by atoms with Crippen molar-refractivity contribution in [2.45, 2.75) is 94.1 Å². The average Bonchev–Trinajstić information content (AvgIpc) is 3.83. The number of alkyl halides is 12. The number of hydrogen-bond donors (Lipinski definition) is 1. The summed E-state index contributed by atoms with van der Waals surface area (Å²) in [5, 5.41) is 0.184. The van der Waals surface area contributed by atoms with E-state index in [4.69, 9.17) is 56.9 Å². The number of nitrogens with two attached hydrogens (primary N) is 1. The van der Waals surface area contributed by atoms with E-state index in [1.807, 2.05) is 0 Å². The van der Waals surface area contributed by atoms with E-state index in [9.17, 15) is 57.5 Å². The van der Waals surface area contributed by atoms with Gasteiger partial charge in [-0.2, -0.15) is 52.7 Å². The number of carbonyl (C=O) groups excluding carboxylic acids is 1. The fraction of sp³-hybridized carbons (Fsp3) is 0.432. The van der Waals surface area contributed by atoms with Gasteiger partial charge in [-0.15, -0.1) is 0 Å². The van der Waals surface area contributed by atoms with Crippen molar-refractivity contribution in [2.75, 3.05) is 36.0 Å². The molecule has 2 saturated heterocycles. The van der Waals surface area contributed by atoms with Crippen molar-refractivity contribution in [2.24, 2.45) is 5.73 Å². The van der Waals surface area contributed by atoms with Crippen molar-refractivity contribution >= 4 is 63.7 Å². The highest BCUT2D eigenvalue weighted by atomic mass is 35.5. The number of ether oxygens (including phenoxy) is 1. The second-order valence-corrected chi connectivity index (χ2v) is 18.5. The molecule has 0 radical (unpaired) electrons. The lowest BCUT2D eigenvalue weighted by Gasteiger charge is -2.33. The number of carbonyl (C=O) groups is 1. The van der Waals surface area contributed by atoms with Crippen LogP contribution >= 0.6 is 46.4 Å². The number of benzene rings is 4. The molecule has 2 unspecified atom stereocenters. The standard InChI is InChI=1S/C25H25Cl2F6NO2.C19H16Cl2F6N2/c1-22(2,3)36-21(35)7-5-15-4-6-19(13-20(15)24(28,29)30)34-9-8-23(14-34,25(31,32)33)16-10-17(26)12-18(27)11-16;20-13-5-12(6-14(21)7-13)17(19(25,26)27)3-4-29(10-17)15-2-1-11(9-28)16(8-15)18(22,23)24/h4,6,10-13H,5,7-9,14H2,1-3H3;1-2,5-8H,3-4,9-10,28H2. The Morgan fingerprint density at radius 3 is 1.31 bits per heavy atom. The number of rotatable bonds is 8. The Bertz CT molecular complexity index is 2330. The predicted octanol–water partition coefficient (Wildman–Crippen LogP) is 14.2. The fourth-order valence-electron chi connectivity index (χ4n) is 8.06. The molecule has 0 amide bonds. The average molecular weight is 1010 g/mol. The molecular weight excluding hydrogens is 972 g/mol. The molecule has 4 aromatic rings. The smallest absolute Gasteiger partial charge is 0.416 e. The SMILES string of the molecule is CC(C)(C)OC(=O)CCc1ccc(N2CCC(c3cc(Cl)cc(Cl)c3)(C(F)(F)F)C2)cc1C(F)(F)F.NCc1ccc(N2CCC(c3cc(Cl)cc(Cl)c3)(C(F)(F)F)C2)cc1C(F)(F)F. The van der Waals surface area contributed by atoms with Crippen LogP contribution in [0.4, 0.5) is 64.1 Å². The summed E-state index contributed by atoms with van der Waals surface area (Å²) in [6.07, 6.45) is -20.0. The van der Waals surface area contributed by atoms with Gasteiger partial charge >= 0.3 is 30.7 Å². The molecular formula is C44H41Cl4F12N3O2. The second kappa shape index (κ2) is 19.1. The summed E-state index contributed by atoms with van der Waals surface area (Å²) in [5.41, 5.74) is -2.47. The van der Waals surface area contributed by atoms with Crippen LogP contribution in [0.3, 0.4) is 0 Å². The quantitative estimate of drug-likeness (QED) is 0.141. The third-order valence-electron chi connectivity index (χ3n) is 11.2. The van der Waals surface area contributed by atoms with E-state index in [2.05, 4.69) is 0 Å². The number of hydrogen-bond acceptors (Lipinski definition) is 5. The van der Waals surface area contributed by atoms with E-state index in [0.29, 0.717) is 0 Å². The molecule has 0 aromatic heterocycles. The molecule has 21 heteroatoms. The van der Waals surface area contributed by atoms with Crippen molar-refractivity contribution < 1.29 is 62.2 Å². The first-order valence-electron chi connectivity index (χ1n) is 19.7. The van der Waals surface area contributed by atoms with Gasteiger partial charge in [0.05, 0.1) is 11.1 Å². The minimum atomic E-state index is -4.76. The van der Waals surface area contributed by atoms with Gasteiger partial charge in [0, 0.05) is 70.6 Å². The number of aryl methyl sites for hydroxylation is 1. The van der Waals surface area contributed by atoms with Gasteiger partial charge in [-0.1, -0.05) is 58.5 Å². The van der Waals surface area contributed by atoms with Gasteiger partial charge in [0.2, 0.25) is 0 Å². The van der Waals surface area contributed by atoms with Crippen LogP contribution in [-0.2, 0) is 45.7 Å². The monoisotopic (exact) mass is 1010 g/mol. The first kappa shape index (κ1) is 52.2. The summed E-state index contributed by atoms with van der Waals surface area (Å²) >= 11 is 23.7. The molecule has 2 atom stereocenters. The molecule has 0 saturated carbocycles. The summed E-state index contributed by atoms with van der Waals surface area (Å²) in [4.78, 5) is 14.5. The molecule has 5 nitrogen and oxygen atoms in total. The maximum absolute atomic E-state index is 14.3. The highest BCUT2D eigenvalue weighted by Gasteiger charge is 2.60. The Morgan fingerprint density at radius 1 is 0.600 bits per heavy atom. The zero-order chi connectivity index (χ0) is 48.7. The first-order chi connectivity index (χ1) is 29.8. The Morgan fingerprint density at radius 2 is 0.969 bits per heavy atom. The Kier molecular flexibility index (Phi) is 15.3. The maximum Gasteiger partial charge on any atom is 0.416 e. The van der Waals surface area contributed by atoms with Crippen molar-refractivity contribution in [1.29, 1.82) is 0 Å². The van der Waals surface area contributed by atoms with Crippen molar-refractivity contribution in [3.63, 3.8) is 0 Å². The van der Waals surface area contributed by atoms with Crippen molar-refractivity contribution in [1.82, 2.24) is 0 Å². The van der Waals surface area contributed by atoms with E-state index in [1.165, 1.54) is 70.5 Å². The Hall–Kier alpha value is -3.77. The van der Waals surface area contributed by atoms with Crippen molar-refractivity contribution in [3.8, 4) is 0 Å². The molecule has 2 aliphatic rings. The second-order valence-electron chi connectivity index (χ2n) is 16.8. The van der Waals surface area contributed by atoms with E-state index >= 15 is 0 Å². The molecule has 6 rings (SSSR count). The van der Waals surface area contributed by atoms with E-state index in [1.54, 1.807) is 20.8 Å². The highest BCUT2D eigenvalue weighted by molar-refractivity contribution is 6.35. The number of nitrogens with zero attached hydrogens (tertiary/aromatic N) is 2. The van der Waals surface area contributed by atoms with Gasteiger partial charge in [0.1, 0.15) is 16.4 Å². The lowest BCUT2D eigenvalue weighted by Crippen LogP contribution is -2.44. The first-order valence-corrected chi connectivity index (χ1v) is 21.2. The molecule has 0 bridgehead atoms. The summed E-state index contributed by atoms with van der Waals surface area (Å²) < 4.78 is 172. The van der Waals surface area contributed by atoms with E-state index in [-0.39, 0.29) is 99.0 Å². The summed E-state index contributed by atoms with van der Waals surface area (Å²) in [7, 11) is 0. The predicted molar refractivity (Wildman–Crippen MR) is 227 cm³/mol. The molecule has 2 heterocycles. The zero-order valence-electron chi connectivity index (χ0n) is 34.6. The number of halogens is 16. The summed E-state index contributed by atoms with van der Waals surface area (Å²) in [5.74, 6) is -0.644. The molecule has 4 aromatic carbocycles. The summed E-state index contributed by atoms with van der Waals surface area (Å²) in [6, 6.07) is 14.2. The number of anilines is 2. The highest BCUT2D eigenvalue weighted by Crippen LogP contribution is 2.52. The largest absolute Gasteiger partial charge is 0.460 e. The fourth-order valence-corrected chi connectivity index (χ4v) is 9.11. The topological polar surface area (TPSA) is 58.8 Å². The van der Waals surface area contributed by atoms with E-state index < -0.39 is 71.3 Å². The molecule has 0 aliphatic carbocycles. The third kappa shape index (κ3) is 12.0. The lowest BCUT2D eigenvalue weighted by atomic mass is 9.79. The van der Waals surface area contributed by atoms with Crippen LogP contribution in [0.5, 0.6) is 0 Å². The van der Waals surface area contributed by atoms with Crippen LogP contribution < -0.4 is 15.5 Å². The van der Waals surface area contributed by atoms with Crippen LogP contribution in [0.1, 0.15) is 73.4 Å². The van der Waals surface area contributed by atoms with Crippen LogP contribution in [0, 0.1) is 0 Å². The molecule has 2 fully saturated rings. The van der Waals surface area contributed by atoms with Gasteiger partial charge in [-0.25, -0.2) is 0 Å². The van der Waals surface area contributed by atoms with Gasteiger partial charge in [0.25, 0.3) is 0 Å². The molecule has 65 heavy (non-hydrogen) atoms. The number of esters is 1. The zero-order valence-corrected chi connectivity index (χ0v) is 37.7. The summed E-state index contributed by atoms with van der Waals surface area (Å²) in [6.45, 7) is 3.26. The van der Waals surface area contributed by atoms with Crippen LogP contribution in [0.15, 0.2) is 72.8 Å². The van der Waals surface area contributed by atoms with Gasteiger partial charge in [-0.05, 0) is 123 Å². The lowest BCUT2D eigenvalue weighted by molar-refractivity contribution is -0.185. The van der Waals surface area contributed by atoms with Crippen molar-refractivity contribution in [3.05, 3.63) is 126 Å². The molecule has 356 valence electrons.